The van der Waals surface area contributed by atoms with E-state index in [2.05, 4.69) is 43.8 Å². The standard InChI is InChI=1S/C23H15BrClIN2O2/c24-21-12-16(3-10-22(21)30-14-15-1-6-19(26)7-2-15)11-17(13-27)23(29)28-20-8-4-18(25)5-9-20/h1-12H,14H2,(H,28,29)/b17-11-. The summed E-state index contributed by atoms with van der Waals surface area (Å²) in [4.78, 5) is 12.4. The molecule has 150 valence electrons. The van der Waals surface area contributed by atoms with Crippen LogP contribution in [0.5, 0.6) is 5.75 Å². The summed E-state index contributed by atoms with van der Waals surface area (Å²) in [6.45, 7) is 0.442. The van der Waals surface area contributed by atoms with Crippen LogP contribution in [0, 0.1) is 14.9 Å². The second-order valence-corrected chi connectivity index (χ2v) is 8.77. The van der Waals surface area contributed by atoms with Gasteiger partial charge in [-0.3, -0.25) is 4.79 Å². The van der Waals surface area contributed by atoms with Gasteiger partial charge in [0.2, 0.25) is 0 Å². The van der Waals surface area contributed by atoms with Gasteiger partial charge >= 0.3 is 0 Å². The van der Waals surface area contributed by atoms with Crippen molar-refractivity contribution in [3.05, 3.63) is 96.5 Å². The molecule has 3 aromatic rings. The largest absolute Gasteiger partial charge is 0.488 e. The van der Waals surface area contributed by atoms with Crippen LogP contribution < -0.4 is 10.1 Å². The van der Waals surface area contributed by atoms with Crippen molar-refractivity contribution in [3.63, 3.8) is 0 Å². The van der Waals surface area contributed by atoms with Crippen molar-refractivity contribution >= 4 is 67.8 Å². The second-order valence-electron chi connectivity index (χ2n) is 6.24. The number of hydrogen-bond acceptors (Lipinski definition) is 3. The molecule has 1 N–H and O–H groups in total. The average molecular weight is 594 g/mol. The van der Waals surface area contributed by atoms with E-state index in [0.29, 0.717) is 28.6 Å². The molecule has 0 aromatic heterocycles. The molecule has 4 nitrogen and oxygen atoms in total. The lowest BCUT2D eigenvalue weighted by Crippen LogP contribution is -2.13. The molecule has 0 bridgehead atoms. The molecule has 0 saturated carbocycles. The number of nitriles is 1. The number of benzene rings is 3. The highest BCUT2D eigenvalue weighted by molar-refractivity contribution is 14.1. The molecule has 0 radical (unpaired) electrons. The molecule has 30 heavy (non-hydrogen) atoms. The Balaban J connectivity index is 1.69. The predicted molar refractivity (Wildman–Crippen MR) is 131 cm³/mol. The molecular weight excluding hydrogens is 579 g/mol. The lowest BCUT2D eigenvalue weighted by molar-refractivity contribution is -0.112. The summed E-state index contributed by atoms with van der Waals surface area (Å²) in [6.07, 6.45) is 1.53. The van der Waals surface area contributed by atoms with Gasteiger partial charge in [0.25, 0.3) is 5.91 Å². The number of halogens is 3. The minimum atomic E-state index is -0.491. The molecule has 0 saturated heterocycles. The first-order chi connectivity index (χ1) is 14.4. The quantitative estimate of drug-likeness (QED) is 0.194. The number of amides is 1. The summed E-state index contributed by atoms with van der Waals surface area (Å²) in [7, 11) is 0. The Morgan fingerprint density at radius 3 is 2.47 bits per heavy atom. The van der Waals surface area contributed by atoms with Gasteiger partial charge in [-0.1, -0.05) is 29.8 Å². The Morgan fingerprint density at radius 1 is 1.13 bits per heavy atom. The average Bonchev–Trinajstić information content (AvgIpc) is 2.74. The SMILES string of the molecule is N#C/C(=C/c1ccc(OCc2ccc(I)cc2)c(Br)c1)C(=O)Nc1ccc(Cl)cc1. The molecule has 3 rings (SSSR count). The van der Waals surface area contributed by atoms with E-state index < -0.39 is 5.91 Å². The van der Waals surface area contributed by atoms with Gasteiger partial charge < -0.3 is 10.1 Å². The smallest absolute Gasteiger partial charge is 0.266 e. The van der Waals surface area contributed by atoms with E-state index in [-0.39, 0.29) is 5.57 Å². The van der Waals surface area contributed by atoms with Gasteiger partial charge in [-0.05, 0) is 104 Å². The predicted octanol–water partition coefficient (Wildman–Crippen LogP) is 6.83. The molecule has 1 amide bonds. The number of ether oxygens (including phenoxy) is 1. The molecule has 7 heteroatoms. The summed E-state index contributed by atoms with van der Waals surface area (Å²) < 4.78 is 7.76. The zero-order valence-electron chi connectivity index (χ0n) is 15.5. The highest BCUT2D eigenvalue weighted by atomic mass is 127. The highest BCUT2D eigenvalue weighted by Crippen LogP contribution is 2.28. The van der Waals surface area contributed by atoms with Crippen molar-refractivity contribution < 1.29 is 9.53 Å². The Morgan fingerprint density at radius 2 is 1.83 bits per heavy atom. The van der Waals surface area contributed by atoms with Crippen molar-refractivity contribution in [1.82, 2.24) is 0 Å². The molecule has 0 unspecified atom stereocenters. The number of anilines is 1. The zero-order valence-corrected chi connectivity index (χ0v) is 20.0. The van der Waals surface area contributed by atoms with E-state index in [1.807, 2.05) is 30.3 Å². The first kappa shape index (κ1) is 22.3. The maximum absolute atomic E-state index is 12.4. The molecule has 0 fully saturated rings. The van der Waals surface area contributed by atoms with Crippen LogP contribution in [0.3, 0.4) is 0 Å². The third-order valence-electron chi connectivity index (χ3n) is 4.04. The van der Waals surface area contributed by atoms with Crippen LogP contribution >= 0.6 is 50.1 Å². The first-order valence-corrected chi connectivity index (χ1v) is 11.0. The Kier molecular flexibility index (Phi) is 7.91. The zero-order chi connectivity index (χ0) is 21.5. The third kappa shape index (κ3) is 6.33. The summed E-state index contributed by atoms with van der Waals surface area (Å²) in [6, 6.07) is 22.1. The number of hydrogen-bond donors (Lipinski definition) is 1. The highest BCUT2D eigenvalue weighted by Gasteiger charge is 2.10. The Labute approximate surface area is 201 Å². The molecule has 0 atom stereocenters. The molecule has 0 heterocycles. The van der Waals surface area contributed by atoms with Crippen molar-refractivity contribution in [2.45, 2.75) is 6.61 Å². The van der Waals surface area contributed by atoms with Crippen molar-refractivity contribution in [2.75, 3.05) is 5.32 Å². The fourth-order valence-electron chi connectivity index (χ4n) is 2.51. The fraction of sp³-hybridized carbons (Fsp3) is 0.0435. The number of rotatable bonds is 6. The van der Waals surface area contributed by atoms with Crippen molar-refractivity contribution in [2.24, 2.45) is 0 Å². The minimum Gasteiger partial charge on any atom is -0.488 e. The van der Waals surface area contributed by atoms with E-state index in [1.54, 1.807) is 42.5 Å². The van der Waals surface area contributed by atoms with Gasteiger partial charge in [0, 0.05) is 14.3 Å². The van der Waals surface area contributed by atoms with Crippen molar-refractivity contribution in [3.8, 4) is 11.8 Å². The summed E-state index contributed by atoms with van der Waals surface area (Å²) >= 11 is 11.6. The van der Waals surface area contributed by atoms with Crippen molar-refractivity contribution in [1.29, 1.82) is 5.26 Å². The van der Waals surface area contributed by atoms with Crippen LogP contribution in [-0.4, -0.2) is 5.91 Å². The van der Waals surface area contributed by atoms with Gasteiger partial charge in [0.05, 0.1) is 4.47 Å². The monoisotopic (exact) mass is 592 g/mol. The van der Waals surface area contributed by atoms with Gasteiger partial charge in [0.15, 0.2) is 0 Å². The van der Waals surface area contributed by atoms with Gasteiger partial charge in [-0.15, -0.1) is 0 Å². The molecular formula is C23H15BrClIN2O2. The van der Waals surface area contributed by atoms with E-state index in [0.717, 1.165) is 10.0 Å². The third-order valence-corrected chi connectivity index (χ3v) is 5.63. The molecule has 0 aliphatic heterocycles. The summed E-state index contributed by atoms with van der Waals surface area (Å²) in [5, 5.41) is 12.6. The van der Waals surface area contributed by atoms with Crippen LogP contribution in [0.1, 0.15) is 11.1 Å². The maximum atomic E-state index is 12.4. The van der Waals surface area contributed by atoms with Crippen LogP contribution in [0.15, 0.2) is 76.8 Å². The van der Waals surface area contributed by atoms with Crippen LogP contribution in [0.25, 0.3) is 6.08 Å². The normalized spacial score (nSPS) is 10.9. The summed E-state index contributed by atoms with van der Waals surface area (Å²) in [5.41, 5.74) is 2.32. The Hall–Kier alpha value is -2.34. The number of nitrogens with one attached hydrogen (secondary N) is 1. The van der Waals surface area contributed by atoms with E-state index in [1.165, 1.54) is 9.65 Å². The lowest BCUT2D eigenvalue weighted by atomic mass is 10.1. The minimum absolute atomic E-state index is 0.00981. The molecule has 0 aliphatic carbocycles. The molecule has 0 aliphatic rings. The number of carbonyl (C=O) groups excluding carboxylic acids is 1. The number of carbonyl (C=O) groups is 1. The summed E-state index contributed by atoms with van der Waals surface area (Å²) in [5.74, 6) is 0.185. The lowest BCUT2D eigenvalue weighted by Gasteiger charge is -2.09. The van der Waals surface area contributed by atoms with Crippen LogP contribution in [-0.2, 0) is 11.4 Å². The van der Waals surface area contributed by atoms with E-state index in [4.69, 9.17) is 16.3 Å². The molecule has 3 aromatic carbocycles. The number of nitrogens with zero attached hydrogens (tertiary/aromatic N) is 1. The van der Waals surface area contributed by atoms with E-state index >= 15 is 0 Å². The van der Waals surface area contributed by atoms with Gasteiger partial charge in [-0.25, -0.2) is 0 Å². The van der Waals surface area contributed by atoms with Crippen LogP contribution in [0.2, 0.25) is 5.02 Å². The van der Waals surface area contributed by atoms with E-state index in [9.17, 15) is 10.1 Å². The van der Waals surface area contributed by atoms with Gasteiger partial charge in [0.1, 0.15) is 24.0 Å². The fourth-order valence-corrected chi connectivity index (χ4v) is 3.51. The topological polar surface area (TPSA) is 62.1 Å². The molecule has 0 spiro atoms. The van der Waals surface area contributed by atoms with Gasteiger partial charge in [-0.2, -0.15) is 5.26 Å². The Bertz CT molecular complexity index is 1120. The maximum Gasteiger partial charge on any atom is 0.266 e. The second kappa shape index (κ2) is 10.6. The first-order valence-electron chi connectivity index (χ1n) is 8.80. The van der Waals surface area contributed by atoms with Crippen LogP contribution in [0.4, 0.5) is 5.69 Å².